The van der Waals surface area contributed by atoms with E-state index in [1.54, 1.807) is 11.4 Å². The summed E-state index contributed by atoms with van der Waals surface area (Å²) in [6, 6.07) is 7.49. The van der Waals surface area contributed by atoms with E-state index in [-0.39, 0.29) is 11.2 Å². The fourth-order valence-electron chi connectivity index (χ4n) is 3.51. The molecule has 0 spiro atoms. The maximum Gasteiger partial charge on any atom is 0.332 e. The van der Waals surface area contributed by atoms with E-state index in [1.165, 1.54) is 9.13 Å². The Labute approximate surface area is 155 Å². The van der Waals surface area contributed by atoms with Gasteiger partial charge in [0.05, 0.1) is 11.4 Å². The first kappa shape index (κ1) is 17.1. The maximum absolute atomic E-state index is 13.1. The third kappa shape index (κ3) is 2.40. The van der Waals surface area contributed by atoms with Crippen LogP contribution < -0.4 is 17.0 Å². The van der Waals surface area contributed by atoms with Gasteiger partial charge in [-0.25, -0.2) is 4.79 Å². The lowest BCUT2D eigenvalue weighted by Crippen LogP contribution is -2.39. The number of para-hydroxylation sites is 2. The fraction of sp³-hybridized carbons (Fsp3) is 0.316. The van der Waals surface area contributed by atoms with Gasteiger partial charge in [-0.3, -0.25) is 22.9 Å². The second kappa shape index (κ2) is 6.15. The normalized spacial score (nSPS) is 11.7. The number of rotatable bonds is 4. The van der Waals surface area contributed by atoms with Crippen LogP contribution in [0.3, 0.4) is 0 Å². The topological polar surface area (TPSA) is 92.2 Å². The number of unbranched alkanes of at least 4 members (excludes halogenated alkanes) is 1. The first-order chi connectivity index (χ1) is 13.0. The molecule has 0 radical (unpaired) electrons. The Hall–Kier alpha value is -3.29. The number of benzene rings is 1. The first-order valence-corrected chi connectivity index (χ1v) is 9.00. The van der Waals surface area contributed by atoms with Gasteiger partial charge < -0.3 is 5.73 Å². The van der Waals surface area contributed by atoms with Crippen molar-refractivity contribution in [3.8, 4) is 5.69 Å². The van der Waals surface area contributed by atoms with Gasteiger partial charge in [0.15, 0.2) is 11.2 Å². The molecule has 0 atom stereocenters. The molecule has 0 amide bonds. The van der Waals surface area contributed by atoms with Crippen molar-refractivity contribution in [1.82, 2.24) is 23.1 Å². The van der Waals surface area contributed by atoms with Crippen molar-refractivity contribution >= 4 is 22.6 Å². The van der Waals surface area contributed by atoms with Gasteiger partial charge in [0, 0.05) is 25.5 Å². The van der Waals surface area contributed by atoms with Gasteiger partial charge in [-0.1, -0.05) is 25.5 Å². The molecule has 0 aliphatic rings. The highest BCUT2D eigenvalue weighted by molar-refractivity contribution is 5.77. The largest absolute Gasteiger partial charge is 0.397 e. The van der Waals surface area contributed by atoms with E-state index >= 15 is 0 Å². The van der Waals surface area contributed by atoms with Crippen molar-refractivity contribution in [3.05, 3.63) is 57.0 Å². The molecule has 0 bridgehead atoms. The lowest BCUT2D eigenvalue weighted by atomic mass is 10.2. The Balaban J connectivity index is 2.11. The molecule has 0 unspecified atom stereocenters. The van der Waals surface area contributed by atoms with Crippen molar-refractivity contribution in [1.29, 1.82) is 0 Å². The third-order valence-corrected chi connectivity index (χ3v) is 4.94. The van der Waals surface area contributed by atoms with Crippen LogP contribution in [0.5, 0.6) is 0 Å². The van der Waals surface area contributed by atoms with Gasteiger partial charge in [0.1, 0.15) is 0 Å². The zero-order chi connectivity index (χ0) is 19.3. The highest BCUT2D eigenvalue weighted by Gasteiger charge is 2.21. The van der Waals surface area contributed by atoms with Crippen LogP contribution in [-0.2, 0) is 13.6 Å². The molecule has 0 fully saturated rings. The molecule has 8 heteroatoms. The second-order valence-electron chi connectivity index (χ2n) is 6.77. The van der Waals surface area contributed by atoms with E-state index in [4.69, 9.17) is 5.73 Å². The number of nitrogens with zero attached hydrogens (tertiary/aromatic N) is 5. The average Bonchev–Trinajstić information content (AvgIpc) is 3.15. The molecule has 0 saturated carbocycles. The molecule has 3 heterocycles. The van der Waals surface area contributed by atoms with Crippen LogP contribution >= 0.6 is 0 Å². The minimum atomic E-state index is -0.343. The molecule has 4 aromatic rings. The molecule has 27 heavy (non-hydrogen) atoms. The molecule has 1 aromatic carbocycles. The van der Waals surface area contributed by atoms with Gasteiger partial charge in [0.2, 0.25) is 5.78 Å². The van der Waals surface area contributed by atoms with Crippen LogP contribution in [-0.4, -0.2) is 23.1 Å². The van der Waals surface area contributed by atoms with Gasteiger partial charge in [0.25, 0.3) is 5.56 Å². The van der Waals surface area contributed by atoms with Crippen LogP contribution in [0.25, 0.3) is 22.6 Å². The minimum absolute atomic E-state index is 0.313. The summed E-state index contributed by atoms with van der Waals surface area (Å²) in [5.41, 5.74) is 8.56. The van der Waals surface area contributed by atoms with Crippen molar-refractivity contribution in [2.75, 3.05) is 5.73 Å². The van der Waals surface area contributed by atoms with E-state index in [1.807, 2.05) is 48.9 Å². The van der Waals surface area contributed by atoms with Crippen LogP contribution in [0.15, 0.2) is 40.1 Å². The Bertz CT molecular complexity index is 1290. The maximum atomic E-state index is 13.1. The predicted octanol–water partition coefficient (Wildman–Crippen LogP) is 1.83. The molecule has 2 N–H and O–H groups in total. The highest BCUT2D eigenvalue weighted by Crippen LogP contribution is 2.24. The van der Waals surface area contributed by atoms with Crippen molar-refractivity contribution < 1.29 is 0 Å². The highest BCUT2D eigenvalue weighted by atomic mass is 16.2. The quantitative estimate of drug-likeness (QED) is 0.558. The third-order valence-electron chi connectivity index (χ3n) is 4.94. The minimum Gasteiger partial charge on any atom is -0.397 e. The van der Waals surface area contributed by atoms with Crippen molar-refractivity contribution in [2.24, 2.45) is 7.05 Å². The van der Waals surface area contributed by atoms with Crippen LogP contribution in [0, 0.1) is 6.92 Å². The number of anilines is 1. The number of aryl methyl sites for hydroxylation is 2. The molecular formula is C19H22N6O2. The van der Waals surface area contributed by atoms with E-state index in [0.717, 1.165) is 24.2 Å². The number of hydrogen-bond donors (Lipinski definition) is 1. The number of aromatic nitrogens is 5. The van der Waals surface area contributed by atoms with Crippen molar-refractivity contribution in [2.45, 2.75) is 33.2 Å². The number of hydrogen-bond acceptors (Lipinski definition) is 4. The average molecular weight is 366 g/mol. The fourth-order valence-corrected chi connectivity index (χ4v) is 3.51. The SMILES string of the molecule is CCCCn1c(=O)c2c(nc3n(-c4ccccc4N)c(C)cn23)n(C)c1=O. The molecule has 4 rings (SSSR count). The van der Waals surface area contributed by atoms with Crippen LogP contribution in [0.1, 0.15) is 25.5 Å². The molecule has 0 aliphatic carbocycles. The monoisotopic (exact) mass is 366 g/mol. The van der Waals surface area contributed by atoms with Gasteiger partial charge >= 0.3 is 5.69 Å². The number of nitrogens with two attached hydrogens (primary N) is 1. The number of fused-ring (bicyclic) bond motifs is 3. The lowest BCUT2D eigenvalue weighted by molar-refractivity contribution is 0.566. The van der Waals surface area contributed by atoms with E-state index in [2.05, 4.69) is 4.98 Å². The molecular weight excluding hydrogens is 344 g/mol. The smallest absolute Gasteiger partial charge is 0.332 e. The summed E-state index contributed by atoms with van der Waals surface area (Å²) in [6.45, 7) is 4.36. The van der Waals surface area contributed by atoms with Crippen molar-refractivity contribution in [3.63, 3.8) is 0 Å². The number of nitrogen functional groups attached to an aromatic ring is 1. The Morgan fingerprint density at radius 1 is 1.19 bits per heavy atom. The lowest BCUT2D eigenvalue weighted by Gasteiger charge is -2.08. The van der Waals surface area contributed by atoms with Gasteiger partial charge in [-0.15, -0.1) is 0 Å². The van der Waals surface area contributed by atoms with Crippen LogP contribution in [0.4, 0.5) is 5.69 Å². The summed E-state index contributed by atoms with van der Waals surface area (Å²) in [4.78, 5) is 30.3. The summed E-state index contributed by atoms with van der Waals surface area (Å²) < 4.78 is 6.38. The van der Waals surface area contributed by atoms with E-state index in [9.17, 15) is 9.59 Å². The summed E-state index contributed by atoms with van der Waals surface area (Å²) >= 11 is 0. The van der Waals surface area contributed by atoms with E-state index in [0.29, 0.717) is 29.2 Å². The van der Waals surface area contributed by atoms with E-state index < -0.39 is 0 Å². The summed E-state index contributed by atoms with van der Waals surface area (Å²) in [5, 5.41) is 0. The molecule has 140 valence electrons. The second-order valence-corrected chi connectivity index (χ2v) is 6.77. The zero-order valence-corrected chi connectivity index (χ0v) is 15.6. The standard InChI is InChI=1S/C19H22N6O2/c1-4-5-10-23-17(26)15-16(22(3)19(23)27)21-18-24(15)11-12(2)25(18)14-9-7-6-8-13(14)20/h6-9,11H,4-5,10,20H2,1-3H3. The predicted molar refractivity (Wildman–Crippen MR) is 106 cm³/mol. The van der Waals surface area contributed by atoms with Gasteiger partial charge in [-0.05, 0) is 25.5 Å². The number of imidazole rings is 2. The Morgan fingerprint density at radius 3 is 2.63 bits per heavy atom. The van der Waals surface area contributed by atoms with Gasteiger partial charge in [-0.2, -0.15) is 4.98 Å². The Morgan fingerprint density at radius 2 is 1.93 bits per heavy atom. The van der Waals surface area contributed by atoms with Crippen LogP contribution in [0.2, 0.25) is 0 Å². The zero-order valence-electron chi connectivity index (χ0n) is 15.6. The Kier molecular flexibility index (Phi) is 3.91. The summed E-state index contributed by atoms with van der Waals surface area (Å²) in [5.74, 6) is 0.556. The summed E-state index contributed by atoms with van der Waals surface area (Å²) in [6.07, 6.45) is 3.52. The summed E-state index contributed by atoms with van der Waals surface area (Å²) in [7, 11) is 1.65. The first-order valence-electron chi connectivity index (χ1n) is 9.00. The molecule has 3 aromatic heterocycles. The molecule has 0 aliphatic heterocycles. The molecule has 8 nitrogen and oxygen atoms in total. The molecule has 0 saturated heterocycles.